The molecule has 4 nitrogen and oxygen atoms in total. The first-order valence-corrected chi connectivity index (χ1v) is 6.20. The maximum Gasteiger partial charge on any atom is 0.178 e. The molecular weight excluding hydrogens is 276 g/mol. The first-order chi connectivity index (χ1) is 10.1. The summed E-state index contributed by atoms with van der Waals surface area (Å²) in [5.74, 6) is -1.04. The third kappa shape index (κ3) is 2.24. The number of aromatic nitrogens is 2. The van der Waals surface area contributed by atoms with Crippen LogP contribution in [0.2, 0.25) is 0 Å². The molecule has 0 radical (unpaired) electrons. The van der Waals surface area contributed by atoms with Crippen LogP contribution in [-0.4, -0.2) is 10.1 Å². The average molecular weight is 287 g/mol. The fourth-order valence-electron chi connectivity index (χ4n) is 2.16. The van der Waals surface area contributed by atoms with Crippen LogP contribution in [-0.2, 0) is 0 Å². The maximum absolute atomic E-state index is 14.0. The van der Waals surface area contributed by atoms with E-state index in [1.54, 1.807) is 25.3 Å². The van der Waals surface area contributed by atoms with Crippen LogP contribution in [0.1, 0.15) is 5.69 Å². The van der Waals surface area contributed by atoms with E-state index in [0.717, 1.165) is 12.1 Å². The standard InChI is InChI=1S/C15H11F2N3O/c1-8-10(3-2-6-19-8)14-13(15(18)20-21-14)11-5-4-9(16)7-12(11)17/h2-7H,1H3,(H2,18,20). The van der Waals surface area contributed by atoms with E-state index in [1.807, 2.05) is 0 Å². The van der Waals surface area contributed by atoms with Gasteiger partial charge in [0.15, 0.2) is 11.6 Å². The summed E-state index contributed by atoms with van der Waals surface area (Å²) >= 11 is 0. The largest absolute Gasteiger partial charge is 0.380 e. The molecule has 0 unspecified atom stereocenters. The predicted octanol–water partition coefficient (Wildman–Crippen LogP) is 3.57. The van der Waals surface area contributed by atoms with Crippen molar-refractivity contribution in [3.8, 4) is 22.5 Å². The zero-order valence-electron chi connectivity index (χ0n) is 11.1. The van der Waals surface area contributed by atoms with Gasteiger partial charge in [-0.1, -0.05) is 5.16 Å². The monoisotopic (exact) mass is 287 g/mol. The second-order valence-electron chi connectivity index (χ2n) is 4.53. The van der Waals surface area contributed by atoms with Crippen LogP contribution in [0.4, 0.5) is 14.6 Å². The molecule has 1 aromatic carbocycles. The fraction of sp³-hybridized carbons (Fsp3) is 0.0667. The highest BCUT2D eigenvalue weighted by molar-refractivity contribution is 5.87. The van der Waals surface area contributed by atoms with Crippen molar-refractivity contribution in [2.45, 2.75) is 6.92 Å². The number of pyridine rings is 1. The molecule has 0 spiro atoms. The third-order valence-corrected chi connectivity index (χ3v) is 3.17. The fourth-order valence-corrected chi connectivity index (χ4v) is 2.16. The summed E-state index contributed by atoms with van der Waals surface area (Å²) in [5, 5.41) is 3.69. The van der Waals surface area contributed by atoms with Gasteiger partial charge >= 0.3 is 0 Å². The molecule has 0 bridgehead atoms. The molecule has 21 heavy (non-hydrogen) atoms. The van der Waals surface area contributed by atoms with Gasteiger partial charge in [0.25, 0.3) is 0 Å². The summed E-state index contributed by atoms with van der Waals surface area (Å²) in [6.07, 6.45) is 1.64. The van der Waals surface area contributed by atoms with Crippen molar-refractivity contribution in [2.75, 3.05) is 5.73 Å². The molecular formula is C15H11F2N3O. The second-order valence-corrected chi connectivity index (χ2v) is 4.53. The molecule has 106 valence electrons. The first kappa shape index (κ1) is 13.2. The summed E-state index contributed by atoms with van der Waals surface area (Å²) in [7, 11) is 0. The molecule has 2 heterocycles. The van der Waals surface area contributed by atoms with Crippen molar-refractivity contribution < 1.29 is 13.3 Å². The summed E-state index contributed by atoms with van der Waals surface area (Å²) in [4.78, 5) is 4.15. The van der Waals surface area contributed by atoms with Crippen molar-refractivity contribution in [3.63, 3.8) is 0 Å². The molecule has 3 aromatic rings. The van der Waals surface area contributed by atoms with Crippen molar-refractivity contribution in [2.24, 2.45) is 0 Å². The van der Waals surface area contributed by atoms with Gasteiger partial charge < -0.3 is 10.3 Å². The van der Waals surface area contributed by atoms with Crippen LogP contribution in [0, 0.1) is 18.6 Å². The summed E-state index contributed by atoms with van der Waals surface area (Å²) in [6.45, 7) is 1.79. The lowest BCUT2D eigenvalue weighted by Gasteiger charge is -2.06. The number of nitrogen functional groups attached to an aromatic ring is 1. The van der Waals surface area contributed by atoms with Gasteiger partial charge in [-0.2, -0.15) is 0 Å². The van der Waals surface area contributed by atoms with Gasteiger partial charge in [-0.3, -0.25) is 4.98 Å². The Bertz CT molecular complexity index is 814. The average Bonchev–Trinajstić information content (AvgIpc) is 2.81. The minimum atomic E-state index is -0.729. The van der Waals surface area contributed by atoms with Crippen molar-refractivity contribution in [3.05, 3.63) is 53.9 Å². The Morgan fingerprint density at radius 3 is 2.67 bits per heavy atom. The Balaban J connectivity index is 2.25. The maximum atomic E-state index is 14.0. The molecule has 0 atom stereocenters. The van der Waals surface area contributed by atoms with Crippen LogP contribution < -0.4 is 5.73 Å². The minimum absolute atomic E-state index is 0.0405. The zero-order chi connectivity index (χ0) is 15.0. The Morgan fingerprint density at radius 1 is 1.14 bits per heavy atom. The number of aryl methyl sites for hydroxylation is 1. The summed E-state index contributed by atoms with van der Waals surface area (Å²) in [5.41, 5.74) is 7.56. The SMILES string of the molecule is Cc1ncccc1-c1onc(N)c1-c1ccc(F)cc1F. The number of hydrogen-bond acceptors (Lipinski definition) is 4. The molecule has 2 N–H and O–H groups in total. The minimum Gasteiger partial charge on any atom is -0.380 e. The number of hydrogen-bond donors (Lipinski definition) is 1. The second kappa shape index (κ2) is 4.97. The molecule has 2 aromatic heterocycles. The molecule has 3 rings (SSSR count). The van der Waals surface area contributed by atoms with E-state index in [9.17, 15) is 8.78 Å². The normalized spacial score (nSPS) is 10.8. The quantitative estimate of drug-likeness (QED) is 0.782. The molecule has 0 aliphatic heterocycles. The highest BCUT2D eigenvalue weighted by Gasteiger charge is 2.22. The van der Waals surface area contributed by atoms with Crippen LogP contribution >= 0.6 is 0 Å². The van der Waals surface area contributed by atoms with Crippen molar-refractivity contribution >= 4 is 5.82 Å². The molecule has 6 heteroatoms. The molecule has 0 fully saturated rings. The Kier molecular flexibility index (Phi) is 3.13. The van der Waals surface area contributed by atoms with E-state index in [2.05, 4.69) is 10.1 Å². The Morgan fingerprint density at radius 2 is 1.95 bits per heavy atom. The van der Waals surface area contributed by atoms with Gasteiger partial charge in [0.2, 0.25) is 0 Å². The first-order valence-electron chi connectivity index (χ1n) is 6.20. The number of nitrogens with two attached hydrogens (primary N) is 1. The van der Waals surface area contributed by atoms with Crippen LogP contribution in [0.3, 0.4) is 0 Å². The molecule has 0 aliphatic rings. The molecule has 0 aliphatic carbocycles. The van der Waals surface area contributed by atoms with Gasteiger partial charge in [-0.15, -0.1) is 0 Å². The van der Waals surface area contributed by atoms with E-state index in [0.29, 0.717) is 22.6 Å². The Hall–Kier alpha value is -2.76. The lowest BCUT2D eigenvalue weighted by Crippen LogP contribution is -1.93. The highest BCUT2D eigenvalue weighted by Crippen LogP contribution is 2.38. The number of halogens is 2. The van der Waals surface area contributed by atoms with Crippen molar-refractivity contribution in [1.82, 2.24) is 10.1 Å². The van der Waals surface area contributed by atoms with Crippen LogP contribution in [0.25, 0.3) is 22.5 Å². The van der Waals surface area contributed by atoms with E-state index in [4.69, 9.17) is 10.3 Å². The van der Waals surface area contributed by atoms with Gasteiger partial charge in [-0.05, 0) is 31.2 Å². The van der Waals surface area contributed by atoms with Gasteiger partial charge in [0, 0.05) is 29.1 Å². The predicted molar refractivity (Wildman–Crippen MR) is 74.2 cm³/mol. The lowest BCUT2D eigenvalue weighted by molar-refractivity contribution is 0.435. The van der Waals surface area contributed by atoms with E-state index >= 15 is 0 Å². The summed E-state index contributed by atoms with van der Waals surface area (Å²) in [6, 6.07) is 6.76. The van der Waals surface area contributed by atoms with Crippen molar-refractivity contribution in [1.29, 1.82) is 0 Å². The topological polar surface area (TPSA) is 64.9 Å². The number of rotatable bonds is 2. The van der Waals surface area contributed by atoms with E-state index in [1.165, 1.54) is 6.07 Å². The summed E-state index contributed by atoms with van der Waals surface area (Å²) < 4.78 is 32.3. The molecule has 0 saturated heterocycles. The van der Waals surface area contributed by atoms with Crippen LogP contribution in [0.15, 0.2) is 41.1 Å². The van der Waals surface area contributed by atoms with E-state index in [-0.39, 0.29) is 11.4 Å². The number of nitrogens with zero attached hydrogens (tertiary/aromatic N) is 2. The van der Waals surface area contributed by atoms with Gasteiger partial charge in [0.05, 0.1) is 5.56 Å². The Labute approximate surface area is 119 Å². The van der Waals surface area contributed by atoms with E-state index < -0.39 is 11.6 Å². The van der Waals surface area contributed by atoms with Crippen LogP contribution in [0.5, 0.6) is 0 Å². The van der Waals surface area contributed by atoms with Gasteiger partial charge in [-0.25, -0.2) is 8.78 Å². The third-order valence-electron chi connectivity index (χ3n) is 3.17. The smallest absolute Gasteiger partial charge is 0.178 e. The lowest BCUT2D eigenvalue weighted by atomic mass is 10.0. The zero-order valence-corrected chi connectivity index (χ0v) is 11.1. The molecule has 0 amide bonds. The molecule has 0 saturated carbocycles. The highest BCUT2D eigenvalue weighted by atomic mass is 19.1. The number of benzene rings is 1. The van der Waals surface area contributed by atoms with Gasteiger partial charge in [0.1, 0.15) is 11.6 Å². The number of anilines is 1.